The molecule has 2 aromatic rings. The van der Waals surface area contributed by atoms with Gasteiger partial charge in [-0.15, -0.1) is 0 Å². The summed E-state index contributed by atoms with van der Waals surface area (Å²) in [7, 11) is 0. The summed E-state index contributed by atoms with van der Waals surface area (Å²) in [4.78, 5) is 11.8. The van der Waals surface area contributed by atoms with Crippen LogP contribution in [-0.2, 0) is 6.42 Å². The molecule has 0 aliphatic carbocycles. The normalized spacial score (nSPS) is 10.3. The standard InChI is InChI=1S/C14H15NO3/c1-10-4-2-6-12(13(10)16)14(17)15-8-7-11-5-3-9-18-11/h2-6,9,16H,7-8H2,1H3,(H,15,17). The van der Waals surface area contributed by atoms with E-state index in [0.717, 1.165) is 5.76 Å². The van der Waals surface area contributed by atoms with Crippen molar-refractivity contribution in [2.75, 3.05) is 6.54 Å². The first-order chi connectivity index (χ1) is 8.68. The molecule has 1 aromatic carbocycles. The number of aryl methyl sites for hydroxylation is 1. The second-order valence-corrected chi connectivity index (χ2v) is 4.06. The van der Waals surface area contributed by atoms with Crippen LogP contribution in [0.3, 0.4) is 0 Å². The molecule has 0 spiro atoms. The predicted molar refractivity (Wildman–Crippen MR) is 67.6 cm³/mol. The molecule has 0 saturated heterocycles. The number of hydrogen-bond donors (Lipinski definition) is 2. The van der Waals surface area contributed by atoms with Crippen LogP contribution in [0.15, 0.2) is 41.0 Å². The molecule has 0 aliphatic heterocycles. The maximum Gasteiger partial charge on any atom is 0.255 e. The van der Waals surface area contributed by atoms with Crippen molar-refractivity contribution >= 4 is 5.91 Å². The van der Waals surface area contributed by atoms with E-state index in [-0.39, 0.29) is 11.7 Å². The average Bonchev–Trinajstić information content (AvgIpc) is 2.85. The molecular weight excluding hydrogens is 230 g/mol. The number of carbonyl (C=O) groups is 1. The summed E-state index contributed by atoms with van der Waals surface area (Å²) in [5.74, 6) is 0.583. The number of furan rings is 1. The molecule has 0 aliphatic rings. The van der Waals surface area contributed by atoms with Crippen LogP contribution in [0.4, 0.5) is 0 Å². The molecule has 0 radical (unpaired) electrons. The largest absolute Gasteiger partial charge is 0.507 e. The number of phenols is 1. The number of hydrogen-bond acceptors (Lipinski definition) is 3. The van der Waals surface area contributed by atoms with Gasteiger partial charge in [-0.05, 0) is 30.7 Å². The zero-order valence-electron chi connectivity index (χ0n) is 10.1. The molecular formula is C14H15NO3. The first-order valence-corrected chi connectivity index (χ1v) is 5.77. The van der Waals surface area contributed by atoms with Crippen LogP contribution in [0.25, 0.3) is 0 Å². The Bertz CT molecular complexity index is 532. The van der Waals surface area contributed by atoms with Crippen LogP contribution in [0.5, 0.6) is 5.75 Å². The molecule has 0 fully saturated rings. The Labute approximate surface area is 105 Å². The molecule has 1 heterocycles. The van der Waals surface area contributed by atoms with Crippen LogP contribution in [0.2, 0.25) is 0 Å². The van der Waals surface area contributed by atoms with Crippen LogP contribution in [0.1, 0.15) is 21.7 Å². The molecule has 18 heavy (non-hydrogen) atoms. The molecule has 4 nitrogen and oxygen atoms in total. The highest BCUT2D eigenvalue weighted by Gasteiger charge is 2.11. The fourth-order valence-corrected chi connectivity index (χ4v) is 1.69. The summed E-state index contributed by atoms with van der Waals surface area (Å²) in [6.07, 6.45) is 2.23. The third-order valence-electron chi connectivity index (χ3n) is 2.72. The minimum atomic E-state index is -0.275. The van der Waals surface area contributed by atoms with E-state index in [1.807, 2.05) is 12.1 Å². The fraction of sp³-hybridized carbons (Fsp3) is 0.214. The lowest BCUT2D eigenvalue weighted by molar-refractivity contribution is 0.0951. The van der Waals surface area contributed by atoms with Crippen molar-refractivity contribution in [2.45, 2.75) is 13.3 Å². The topological polar surface area (TPSA) is 62.5 Å². The summed E-state index contributed by atoms with van der Waals surface area (Å²) >= 11 is 0. The van der Waals surface area contributed by atoms with Gasteiger partial charge in [0.2, 0.25) is 0 Å². The van der Waals surface area contributed by atoms with Crippen LogP contribution >= 0.6 is 0 Å². The zero-order chi connectivity index (χ0) is 13.0. The van der Waals surface area contributed by atoms with Gasteiger partial charge in [-0.25, -0.2) is 0 Å². The second kappa shape index (κ2) is 5.40. The van der Waals surface area contributed by atoms with Gasteiger partial charge < -0.3 is 14.8 Å². The number of para-hydroxylation sites is 1. The van der Waals surface area contributed by atoms with Crippen molar-refractivity contribution in [2.24, 2.45) is 0 Å². The van der Waals surface area contributed by atoms with Crippen molar-refractivity contribution in [3.8, 4) is 5.75 Å². The van der Waals surface area contributed by atoms with Gasteiger partial charge in [0.05, 0.1) is 11.8 Å². The van der Waals surface area contributed by atoms with E-state index >= 15 is 0 Å². The molecule has 1 amide bonds. The molecule has 0 bridgehead atoms. The summed E-state index contributed by atoms with van der Waals surface area (Å²) in [6, 6.07) is 8.77. The van der Waals surface area contributed by atoms with Crippen LogP contribution < -0.4 is 5.32 Å². The van der Waals surface area contributed by atoms with Gasteiger partial charge in [0, 0.05) is 13.0 Å². The van der Waals surface area contributed by atoms with Crippen molar-refractivity contribution in [3.63, 3.8) is 0 Å². The van der Waals surface area contributed by atoms with E-state index in [9.17, 15) is 9.90 Å². The molecule has 1 aromatic heterocycles. The Balaban J connectivity index is 1.93. The van der Waals surface area contributed by atoms with E-state index < -0.39 is 0 Å². The lowest BCUT2D eigenvalue weighted by Gasteiger charge is -2.07. The Kier molecular flexibility index (Phi) is 3.67. The Hall–Kier alpha value is -2.23. The van der Waals surface area contributed by atoms with Gasteiger partial charge in [0.25, 0.3) is 5.91 Å². The van der Waals surface area contributed by atoms with Crippen molar-refractivity contribution in [1.82, 2.24) is 5.32 Å². The van der Waals surface area contributed by atoms with Gasteiger partial charge in [0.15, 0.2) is 0 Å². The summed E-state index contributed by atoms with van der Waals surface area (Å²) in [6.45, 7) is 2.23. The van der Waals surface area contributed by atoms with E-state index in [4.69, 9.17) is 4.42 Å². The summed E-state index contributed by atoms with van der Waals surface area (Å²) in [5.41, 5.74) is 0.989. The van der Waals surface area contributed by atoms with E-state index in [0.29, 0.717) is 24.1 Å². The molecule has 0 saturated carbocycles. The average molecular weight is 245 g/mol. The lowest BCUT2D eigenvalue weighted by atomic mass is 10.1. The number of rotatable bonds is 4. The quantitative estimate of drug-likeness (QED) is 0.868. The smallest absolute Gasteiger partial charge is 0.255 e. The zero-order valence-corrected chi connectivity index (χ0v) is 10.1. The van der Waals surface area contributed by atoms with Gasteiger partial charge >= 0.3 is 0 Å². The SMILES string of the molecule is Cc1cccc(C(=O)NCCc2ccco2)c1O. The van der Waals surface area contributed by atoms with E-state index in [2.05, 4.69) is 5.32 Å². The molecule has 0 unspecified atom stereocenters. The monoisotopic (exact) mass is 245 g/mol. The number of amides is 1. The van der Waals surface area contributed by atoms with Crippen LogP contribution in [-0.4, -0.2) is 17.6 Å². The molecule has 4 heteroatoms. The molecule has 2 rings (SSSR count). The van der Waals surface area contributed by atoms with Crippen LogP contribution in [0, 0.1) is 6.92 Å². The number of phenolic OH excluding ortho intramolecular Hbond substituents is 1. The maximum absolute atomic E-state index is 11.8. The number of benzene rings is 1. The minimum Gasteiger partial charge on any atom is -0.507 e. The van der Waals surface area contributed by atoms with Crippen molar-refractivity contribution < 1.29 is 14.3 Å². The Morgan fingerprint density at radius 3 is 2.89 bits per heavy atom. The van der Waals surface area contributed by atoms with Gasteiger partial charge in [-0.3, -0.25) is 4.79 Å². The van der Waals surface area contributed by atoms with E-state index in [1.165, 1.54) is 0 Å². The second-order valence-electron chi connectivity index (χ2n) is 4.06. The number of nitrogens with one attached hydrogen (secondary N) is 1. The number of carbonyl (C=O) groups excluding carboxylic acids is 1. The highest BCUT2D eigenvalue weighted by atomic mass is 16.3. The first kappa shape index (κ1) is 12.2. The molecule has 2 N–H and O–H groups in total. The lowest BCUT2D eigenvalue weighted by Crippen LogP contribution is -2.25. The maximum atomic E-state index is 11.8. The van der Waals surface area contributed by atoms with Gasteiger partial charge in [-0.2, -0.15) is 0 Å². The highest BCUT2D eigenvalue weighted by molar-refractivity contribution is 5.97. The Morgan fingerprint density at radius 2 is 2.17 bits per heavy atom. The predicted octanol–water partition coefficient (Wildman–Crippen LogP) is 2.27. The highest BCUT2D eigenvalue weighted by Crippen LogP contribution is 2.20. The molecule has 0 atom stereocenters. The fourth-order valence-electron chi connectivity index (χ4n) is 1.69. The van der Waals surface area contributed by atoms with Gasteiger partial charge in [-0.1, -0.05) is 12.1 Å². The summed E-state index contributed by atoms with van der Waals surface area (Å²) in [5, 5.41) is 12.5. The number of aromatic hydroxyl groups is 1. The van der Waals surface area contributed by atoms with E-state index in [1.54, 1.807) is 31.4 Å². The molecule has 94 valence electrons. The van der Waals surface area contributed by atoms with Gasteiger partial charge in [0.1, 0.15) is 11.5 Å². The third kappa shape index (κ3) is 2.71. The van der Waals surface area contributed by atoms with Crippen molar-refractivity contribution in [1.29, 1.82) is 0 Å². The summed E-state index contributed by atoms with van der Waals surface area (Å²) < 4.78 is 5.16. The van der Waals surface area contributed by atoms with Crippen molar-refractivity contribution in [3.05, 3.63) is 53.5 Å². The Morgan fingerprint density at radius 1 is 1.33 bits per heavy atom. The minimum absolute atomic E-state index is 0.0352. The third-order valence-corrected chi connectivity index (χ3v) is 2.72. The first-order valence-electron chi connectivity index (χ1n) is 5.77.